The fourth-order valence-corrected chi connectivity index (χ4v) is 3.56. The van der Waals surface area contributed by atoms with Gasteiger partial charge >= 0.3 is 5.97 Å². The highest BCUT2D eigenvalue weighted by molar-refractivity contribution is 5.87. The summed E-state index contributed by atoms with van der Waals surface area (Å²) in [6.07, 6.45) is 6.36. The second-order valence-electron chi connectivity index (χ2n) is 5.80. The number of piperidine rings is 1. The second-order valence-corrected chi connectivity index (χ2v) is 5.80. The van der Waals surface area contributed by atoms with Crippen LogP contribution in [-0.2, 0) is 9.59 Å². The predicted molar refractivity (Wildman–Crippen MR) is 71.5 cm³/mol. The molecule has 19 heavy (non-hydrogen) atoms. The smallest absolute Gasteiger partial charge is 0.326 e. The zero-order chi connectivity index (χ0) is 14.0. The monoisotopic (exact) mass is 268 g/mol. The number of likely N-dealkylation sites (tertiary alicyclic amines) is 1. The first-order chi connectivity index (χ1) is 9.06. The summed E-state index contributed by atoms with van der Waals surface area (Å²) in [5.74, 6) is -0.593. The molecule has 0 radical (unpaired) electrons. The predicted octanol–water partition coefficient (Wildman–Crippen LogP) is 1.36. The highest BCUT2D eigenvalue weighted by Crippen LogP contribution is 2.38. The molecule has 0 bridgehead atoms. The number of aliphatic carboxylic acids is 1. The Labute approximate surface area is 114 Å². The van der Waals surface area contributed by atoms with Gasteiger partial charge in [-0.3, -0.25) is 4.79 Å². The molecule has 2 fully saturated rings. The fraction of sp³-hybridized carbons (Fsp3) is 0.857. The Morgan fingerprint density at radius 1 is 1.26 bits per heavy atom. The van der Waals surface area contributed by atoms with E-state index in [1.807, 2.05) is 6.92 Å². The first kappa shape index (κ1) is 14.3. The number of fused-ring (bicyclic) bond motifs is 1. The number of nitrogens with two attached hydrogens (primary N) is 1. The number of amides is 1. The van der Waals surface area contributed by atoms with Gasteiger partial charge in [0, 0.05) is 6.04 Å². The number of rotatable bonds is 3. The molecule has 4 atom stereocenters. The summed E-state index contributed by atoms with van der Waals surface area (Å²) in [7, 11) is 0. The Kier molecular flexibility index (Phi) is 4.45. The Bertz CT molecular complexity index is 359. The lowest BCUT2D eigenvalue weighted by atomic mass is 9.76. The summed E-state index contributed by atoms with van der Waals surface area (Å²) < 4.78 is 0. The van der Waals surface area contributed by atoms with Gasteiger partial charge in [0.15, 0.2) is 0 Å². The summed E-state index contributed by atoms with van der Waals surface area (Å²) in [4.78, 5) is 25.5. The summed E-state index contributed by atoms with van der Waals surface area (Å²) >= 11 is 0. The van der Waals surface area contributed by atoms with Crippen molar-refractivity contribution < 1.29 is 14.7 Å². The first-order valence-corrected chi connectivity index (χ1v) is 7.36. The summed E-state index contributed by atoms with van der Waals surface area (Å²) in [6.45, 7) is 1.86. The van der Waals surface area contributed by atoms with Crippen molar-refractivity contribution in [2.24, 2.45) is 11.7 Å². The molecule has 5 heteroatoms. The summed E-state index contributed by atoms with van der Waals surface area (Å²) in [5.41, 5.74) is 5.85. The van der Waals surface area contributed by atoms with Crippen LogP contribution in [0.5, 0.6) is 0 Å². The molecule has 1 heterocycles. The van der Waals surface area contributed by atoms with Gasteiger partial charge in [0.2, 0.25) is 5.91 Å². The Hall–Kier alpha value is -1.10. The zero-order valence-electron chi connectivity index (χ0n) is 11.5. The van der Waals surface area contributed by atoms with Crippen molar-refractivity contribution in [3.05, 3.63) is 0 Å². The van der Waals surface area contributed by atoms with Crippen LogP contribution < -0.4 is 5.73 Å². The minimum absolute atomic E-state index is 0.0914. The van der Waals surface area contributed by atoms with Crippen LogP contribution in [-0.4, -0.2) is 40.0 Å². The second kappa shape index (κ2) is 5.90. The molecule has 108 valence electrons. The van der Waals surface area contributed by atoms with Crippen LogP contribution in [0.4, 0.5) is 0 Å². The van der Waals surface area contributed by atoms with E-state index in [-0.39, 0.29) is 11.9 Å². The molecule has 0 aromatic carbocycles. The number of carboxylic acids is 1. The maximum Gasteiger partial charge on any atom is 0.326 e. The van der Waals surface area contributed by atoms with Gasteiger partial charge in [0.25, 0.3) is 0 Å². The summed E-state index contributed by atoms with van der Waals surface area (Å²) in [6, 6.07) is -1.15. The van der Waals surface area contributed by atoms with E-state index in [1.54, 1.807) is 4.90 Å². The van der Waals surface area contributed by atoms with E-state index >= 15 is 0 Å². The maximum atomic E-state index is 12.4. The van der Waals surface area contributed by atoms with Crippen LogP contribution in [0.25, 0.3) is 0 Å². The van der Waals surface area contributed by atoms with Crippen molar-refractivity contribution in [3.63, 3.8) is 0 Å². The van der Waals surface area contributed by atoms with Gasteiger partial charge in [-0.25, -0.2) is 4.79 Å². The largest absolute Gasteiger partial charge is 0.480 e. The summed E-state index contributed by atoms with van der Waals surface area (Å²) in [5, 5.41) is 9.37. The number of nitrogens with zero attached hydrogens (tertiary/aromatic N) is 1. The molecule has 2 aliphatic rings. The van der Waals surface area contributed by atoms with Crippen molar-refractivity contribution in [3.8, 4) is 0 Å². The Morgan fingerprint density at radius 2 is 1.95 bits per heavy atom. The van der Waals surface area contributed by atoms with Crippen molar-refractivity contribution >= 4 is 11.9 Å². The van der Waals surface area contributed by atoms with E-state index in [0.717, 1.165) is 25.7 Å². The fourth-order valence-electron chi connectivity index (χ4n) is 3.56. The van der Waals surface area contributed by atoms with Gasteiger partial charge in [-0.05, 0) is 38.0 Å². The van der Waals surface area contributed by atoms with E-state index in [9.17, 15) is 14.7 Å². The topological polar surface area (TPSA) is 83.6 Å². The number of carboxylic acid groups (broad SMARTS) is 1. The van der Waals surface area contributed by atoms with Gasteiger partial charge < -0.3 is 15.7 Å². The molecule has 5 nitrogen and oxygen atoms in total. The molecule has 1 aliphatic carbocycles. The lowest BCUT2D eigenvalue weighted by Gasteiger charge is -2.47. The number of carbonyl (C=O) groups excluding carboxylic acids is 1. The molecule has 2 rings (SSSR count). The number of hydrogen-bond acceptors (Lipinski definition) is 3. The van der Waals surface area contributed by atoms with Crippen molar-refractivity contribution in [2.45, 2.75) is 70.0 Å². The Balaban J connectivity index is 2.23. The van der Waals surface area contributed by atoms with Crippen molar-refractivity contribution in [1.82, 2.24) is 4.90 Å². The lowest BCUT2D eigenvalue weighted by molar-refractivity contribution is -0.159. The third-order valence-corrected chi connectivity index (χ3v) is 4.67. The van der Waals surface area contributed by atoms with E-state index in [2.05, 4.69) is 0 Å². The van der Waals surface area contributed by atoms with Gasteiger partial charge in [0.1, 0.15) is 6.04 Å². The number of hydrogen-bond donors (Lipinski definition) is 2. The highest BCUT2D eigenvalue weighted by atomic mass is 16.4. The van der Waals surface area contributed by atoms with Crippen LogP contribution in [0.2, 0.25) is 0 Å². The highest BCUT2D eigenvalue weighted by Gasteiger charge is 2.44. The molecule has 1 amide bonds. The SMILES string of the molecule is CC[C@@H](N)C(=O)N1C(C(=O)O)CCC2CCCCC21. The first-order valence-electron chi connectivity index (χ1n) is 7.36. The van der Waals surface area contributed by atoms with Crippen molar-refractivity contribution in [1.29, 1.82) is 0 Å². The van der Waals surface area contributed by atoms with E-state index in [1.165, 1.54) is 6.42 Å². The van der Waals surface area contributed by atoms with E-state index < -0.39 is 18.1 Å². The Morgan fingerprint density at radius 3 is 2.58 bits per heavy atom. The minimum atomic E-state index is -0.888. The molecule has 3 N–H and O–H groups in total. The molecule has 1 saturated carbocycles. The molecule has 1 aliphatic heterocycles. The molecule has 0 aromatic rings. The van der Waals surface area contributed by atoms with E-state index in [0.29, 0.717) is 18.8 Å². The van der Waals surface area contributed by atoms with Gasteiger partial charge in [-0.1, -0.05) is 19.8 Å². The molecular formula is C14H24N2O3. The van der Waals surface area contributed by atoms with Gasteiger partial charge in [-0.2, -0.15) is 0 Å². The molecular weight excluding hydrogens is 244 g/mol. The average molecular weight is 268 g/mol. The standard InChI is InChI=1S/C14H24N2O3/c1-2-10(15)13(17)16-11-6-4-3-5-9(11)7-8-12(16)14(18)19/h9-12H,2-8,15H2,1H3,(H,18,19)/t9?,10-,11?,12?/m1/s1. The maximum absolute atomic E-state index is 12.4. The van der Waals surface area contributed by atoms with Crippen molar-refractivity contribution in [2.75, 3.05) is 0 Å². The van der Waals surface area contributed by atoms with Crippen LogP contribution in [0.1, 0.15) is 51.9 Å². The van der Waals surface area contributed by atoms with Gasteiger partial charge in [-0.15, -0.1) is 0 Å². The average Bonchev–Trinajstić information content (AvgIpc) is 2.44. The molecule has 0 aromatic heterocycles. The molecule has 3 unspecified atom stereocenters. The molecule has 0 spiro atoms. The normalized spacial score (nSPS) is 32.5. The molecule has 1 saturated heterocycles. The van der Waals surface area contributed by atoms with Crippen LogP contribution in [0, 0.1) is 5.92 Å². The van der Waals surface area contributed by atoms with Gasteiger partial charge in [0.05, 0.1) is 6.04 Å². The van der Waals surface area contributed by atoms with Crippen LogP contribution in [0.15, 0.2) is 0 Å². The van der Waals surface area contributed by atoms with E-state index in [4.69, 9.17) is 5.73 Å². The third-order valence-electron chi connectivity index (χ3n) is 4.67. The number of carbonyl (C=O) groups is 2. The quantitative estimate of drug-likeness (QED) is 0.809. The zero-order valence-corrected chi connectivity index (χ0v) is 11.5. The van der Waals surface area contributed by atoms with Crippen LogP contribution >= 0.6 is 0 Å². The lowest BCUT2D eigenvalue weighted by Crippen LogP contribution is -2.60. The minimum Gasteiger partial charge on any atom is -0.480 e. The van der Waals surface area contributed by atoms with Crippen LogP contribution in [0.3, 0.4) is 0 Å². The third kappa shape index (κ3) is 2.76.